The Morgan fingerprint density at radius 1 is 1.11 bits per heavy atom. The normalized spacial score (nSPS) is 25.4. The molecule has 3 fully saturated rings. The fourth-order valence-corrected chi connectivity index (χ4v) is 6.10. The van der Waals surface area contributed by atoms with Crippen molar-refractivity contribution in [2.75, 3.05) is 64.4 Å². The summed E-state index contributed by atoms with van der Waals surface area (Å²) in [6, 6.07) is 7.18. The summed E-state index contributed by atoms with van der Waals surface area (Å²) in [6.45, 7) is 11.5. The second-order valence-electron chi connectivity index (χ2n) is 10.4. The van der Waals surface area contributed by atoms with Crippen molar-refractivity contribution in [1.29, 1.82) is 0 Å². The molecule has 0 spiro atoms. The summed E-state index contributed by atoms with van der Waals surface area (Å²) in [5, 5.41) is 7.24. The van der Waals surface area contributed by atoms with E-state index in [1.807, 2.05) is 4.90 Å². The molecule has 192 valence electrons. The zero-order valence-corrected chi connectivity index (χ0v) is 21.0. The summed E-state index contributed by atoms with van der Waals surface area (Å²) in [5.74, 6) is 1.51. The number of hydrogen-bond acceptors (Lipinski definition) is 7. The maximum Gasteiger partial charge on any atom is 0.246 e. The van der Waals surface area contributed by atoms with Gasteiger partial charge in [0.25, 0.3) is 0 Å². The monoisotopic (exact) mass is 491 g/mol. The average molecular weight is 492 g/mol. The smallest absolute Gasteiger partial charge is 0.246 e. The van der Waals surface area contributed by atoms with Gasteiger partial charge in [0.15, 0.2) is 0 Å². The number of nitrogens with one attached hydrogen (secondary N) is 2. The van der Waals surface area contributed by atoms with Crippen molar-refractivity contribution >= 4 is 11.6 Å². The number of ether oxygens (including phenoxy) is 2. The number of benzene rings is 1. The molecule has 3 saturated heterocycles. The highest BCUT2D eigenvalue weighted by Crippen LogP contribution is 2.37. The zero-order chi connectivity index (χ0) is 24.5. The Labute approximate surface area is 213 Å². The van der Waals surface area contributed by atoms with E-state index in [1.165, 1.54) is 22.9 Å². The van der Waals surface area contributed by atoms with Crippen molar-refractivity contribution in [3.8, 4) is 5.75 Å². The summed E-state index contributed by atoms with van der Waals surface area (Å²) >= 11 is 0. The van der Waals surface area contributed by atoms with Crippen LogP contribution in [0.25, 0.3) is 0 Å². The van der Waals surface area contributed by atoms with Crippen LogP contribution in [0.1, 0.15) is 30.7 Å². The van der Waals surface area contributed by atoms with E-state index >= 15 is 0 Å². The Balaban J connectivity index is 1.11. The van der Waals surface area contributed by atoms with Gasteiger partial charge in [-0.3, -0.25) is 9.69 Å². The molecule has 0 aliphatic carbocycles. The molecule has 6 rings (SSSR count). The van der Waals surface area contributed by atoms with Crippen LogP contribution in [0.2, 0.25) is 0 Å². The van der Waals surface area contributed by atoms with Gasteiger partial charge < -0.3 is 29.9 Å². The molecule has 5 heterocycles. The number of carbonyl (C=O) groups excluding carboxylic acids is 1. The number of rotatable bonds is 4. The molecule has 2 N–H and O–H groups in total. The minimum atomic E-state index is 0.0207. The lowest BCUT2D eigenvalue weighted by molar-refractivity contribution is -0.133. The van der Waals surface area contributed by atoms with Gasteiger partial charge >= 0.3 is 0 Å². The van der Waals surface area contributed by atoms with Crippen LogP contribution in [0, 0.1) is 0 Å². The minimum Gasteiger partial charge on any atom is -0.487 e. The second-order valence-corrected chi connectivity index (χ2v) is 10.4. The maximum absolute atomic E-state index is 11.8. The summed E-state index contributed by atoms with van der Waals surface area (Å²) in [5.41, 5.74) is 4.94. The fraction of sp³-hybridized carbons (Fsp3) is 0.536. The SMILES string of the molecule is C=CC(=O)N1CC(N2CCC(c3ccc4c(c3)NC3NC=CC(N5CCCOCC5)=C3CO4)CC2)C1. The number of piperidine rings is 1. The molecule has 0 radical (unpaired) electrons. The van der Waals surface area contributed by atoms with Crippen LogP contribution in [-0.2, 0) is 9.53 Å². The molecule has 1 aromatic rings. The Morgan fingerprint density at radius 3 is 2.81 bits per heavy atom. The van der Waals surface area contributed by atoms with Crippen LogP contribution < -0.4 is 15.4 Å². The molecule has 5 aliphatic rings. The minimum absolute atomic E-state index is 0.0207. The van der Waals surface area contributed by atoms with Crippen LogP contribution >= 0.6 is 0 Å². The summed E-state index contributed by atoms with van der Waals surface area (Å²) < 4.78 is 12.0. The Kier molecular flexibility index (Phi) is 6.63. The molecule has 1 amide bonds. The lowest BCUT2D eigenvalue weighted by Gasteiger charge is -2.47. The number of anilines is 1. The largest absolute Gasteiger partial charge is 0.487 e. The third kappa shape index (κ3) is 4.60. The number of allylic oxidation sites excluding steroid dienone is 1. The fourth-order valence-electron chi connectivity index (χ4n) is 6.10. The highest BCUT2D eigenvalue weighted by Gasteiger charge is 2.36. The quantitative estimate of drug-likeness (QED) is 0.628. The van der Waals surface area contributed by atoms with E-state index in [4.69, 9.17) is 9.47 Å². The second kappa shape index (κ2) is 10.2. The third-order valence-corrected chi connectivity index (χ3v) is 8.30. The average Bonchev–Trinajstić information content (AvgIpc) is 3.27. The Hall–Kier alpha value is -2.97. The molecule has 1 atom stereocenters. The number of amides is 1. The molecule has 8 nitrogen and oxygen atoms in total. The van der Waals surface area contributed by atoms with Gasteiger partial charge in [0.05, 0.1) is 12.3 Å². The van der Waals surface area contributed by atoms with Gasteiger partial charge in [-0.1, -0.05) is 12.6 Å². The number of carbonyl (C=O) groups is 1. The predicted molar refractivity (Wildman–Crippen MR) is 140 cm³/mol. The lowest BCUT2D eigenvalue weighted by Crippen LogP contribution is -2.61. The van der Waals surface area contributed by atoms with E-state index < -0.39 is 0 Å². The van der Waals surface area contributed by atoms with Crippen LogP contribution in [0.4, 0.5) is 5.69 Å². The molecule has 0 bridgehead atoms. The molecule has 36 heavy (non-hydrogen) atoms. The number of nitrogens with zero attached hydrogens (tertiary/aromatic N) is 3. The van der Waals surface area contributed by atoms with Gasteiger partial charge in [0, 0.05) is 56.3 Å². The molecule has 0 aromatic heterocycles. The molecular formula is C28H37N5O3. The van der Waals surface area contributed by atoms with Crippen molar-refractivity contribution in [2.24, 2.45) is 0 Å². The number of likely N-dealkylation sites (tertiary alicyclic amines) is 2. The van der Waals surface area contributed by atoms with Gasteiger partial charge in [-0.05, 0) is 68.1 Å². The van der Waals surface area contributed by atoms with E-state index in [0.717, 1.165) is 83.2 Å². The number of fused-ring (bicyclic) bond motifs is 2. The van der Waals surface area contributed by atoms with Gasteiger partial charge in [-0.25, -0.2) is 0 Å². The molecule has 1 unspecified atom stereocenters. The Bertz CT molecular complexity index is 1050. The molecule has 1 aromatic carbocycles. The highest BCUT2D eigenvalue weighted by molar-refractivity contribution is 5.87. The van der Waals surface area contributed by atoms with Crippen LogP contribution in [-0.4, -0.2) is 91.9 Å². The van der Waals surface area contributed by atoms with E-state index in [1.54, 1.807) is 0 Å². The topological polar surface area (TPSA) is 69.3 Å². The van der Waals surface area contributed by atoms with E-state index in [2.05, 4.69) is 57.5 Å². The van der Waals surface area contributed by atoms with E-state index in [9.17, 15) is 4.79 Å². The molecule has 8 heteroatoms. The first-order chi connectivity index (χ1) is 17.7. The van der Waals surface area contributed by atoms with Gasteiger partial charge in [-0.2, -0.15) is 0 Å². The lowest BCUT2D eigenvalue weighted by atomic mass is 9.88. The first kappa shape index (κ1) is 23.4. The van der Waals surface area contributed by atoms with Crippen LogP contribution in [0.3, 0.4) is 0 Å². The van der Waals surface area contributed by atoms with Crippen molar-refractivity contribution in [1.82, 2.24) is 20.0 Å². The van der Waals surface area contributed by atoms with Gasteiger partial charge in [0.1, 0.15) is 18.5 Å². The number of dihydropyridines is 1. The molecular weight excluding hydrogens is 454 g/mol. The molecule has 0 saturated carbocycles. The highest BCUT2D eigenvalue weighted by atomic mass is 16.5. The summed E-state index contributed by atoms with van der Waals surface area (Å²) in [7, 11) is 0. The third-order valence-electron chi connectivity index (χ3n) is 8.30. The van der Waals surface area contributed by atoms with Crippen molar-refractivity contribution in [3.05, 3.63) is 60.0 Å². The maximum atomic E-state index is 11.8. The van der Waals surface area contributed by atoms with Crippen molar-refractivity contribution < 1.29 is 14.3 Å². The van der Waals surface area contributed by atoms with Crippen LogP contribution in [0.15, 0.2) is 54.4 Å². The first-order valence-electron chi connectivity index (χ1n) is 13.4. The number of hydrogen-bond donors (Lipinski definition) is 2. The van der Waals surface area contributed by atoms with E-state index in [-0.39, 0.29) is 12.1 Å². The summed E-state index contributed by atoms with van der Waals surface area (Å²) in [4.78, 5) is 18.6. The zero-order valence-electron chi connectivity index (χ0n) is 21.0. The van der Waals surface area contributed by atoms with E-state index in [0.29, 0.717) is 18.6 Å². The van der Waals surface area contributed by atoms with Gasteiger partial charge in [-0.15, -0.1) is 0 Å². The summed E-state index contributed by atoms with van der Waals surface area (Å²) in [6.07, 6.45) is 8.99. The predicted octanol–water partition coefficient (Wildman–Crippen LogP) is 2.49. The van der Waals surface area contributed by atoms with Crippen LogP contribution in [0.5, 0.6) is 5.75 Å². The first-order valence-corrected chi connectivity index (χ1v) is 13.4. The van der Waals surface area contributed by atoms with Crippen molar-refractivity contribution in [2.45, 2.75) is 37.4 Å². The van der Waals surface area contributed by atoms with Crippen molar-refractivity contribution in [3.63, 3.8) is 0 Å². The Morgan fingerprint density at radius 2 is 1.97 bits per heavy atom. The van der Waals surface area contributed by atoms with Gasteiger partial charge in [0.2, 0.25) is 5.91 Å². The standard InChI is InChI=1S/C28H37N5O3/c1-2-27(34)33-17-22(18-33)31-11-7-20(8-12-31)21-4-5-26-24(16-21)30-28-23(19-36-26)25(6-9-29-28)32-10-3-14-35-15-13-32/h2,4-6,9,16,20,22,28-30H,1,3,7-8,10-15,17-19H2. The molecule has 5 aliphatic heterocycles.